The van der Waals surface area contributed by atoms with E-state index in [1.54, 1.807) is 11.3 Å². The van der Waals surface area contributed by atoms with E-state index in [1.807, 2.05) is 0 Å². The summed E-state index contributed by atoms with van der Waals surface area (Å²) in [4.78, 5) is 16.6. The van der Waals surface area contributed by atoms with E-state index in [4.69, 9.17) is 14.7 Å². The maximum absolute atomic E-state index is 6.02. The Bertz CT molecular complexity index is 763. The maximum atomic E-state index is 6.02. The topological polar surface area (TPSA) is 51.1 Å². The fraction of sp³-hybridized carbons (Fsp3) is 0.632. The van der Waals surface area contributed by atoms with Crippen molar-refractivity contribution < 1.29 is 4.74 Å². The van der Waals surface area contributed by atoms with E-state index >= 15 is 0 Å². The third kappa shape index (κ3) is 3.70. The zero-order valence-electron chi connectivity index (χ0n) is 15.5. The average molecular weight is 359 g/mol. The summed E-state index contributed by atoms with van der Waals surface area (Å²) in [5.74, 6) is 2.63. The third-order valence-electron chi connectivity index (χ3n) is 4.76. The molecule has 0 bridgehead atoms. The summed E-state index contributed by atoms with van der Waals surface area (Å²) in [6.07, 6.45) is 2.47. The van der Waals surface area contributed by atoms with Gasteiger partial charge in [-0.05, 0) is 19.8 Å². The SMILES string of the molecule is Cc1cc(N2CCO[C@H](c3nc(C(C)(C)C)cs3)C2)nc(C2CC2)n1. The number of hydrogen-bond donors (Lipinski definition) is 0. The van der Waals surface area contributed by atoms with Crippen LogP contribution in [0.1, 0.15) is 67.9 Å². The van der Waals surface area contributed by atoms with Gasteiger partial charge in [-0.1, -0.05) is 20.8 Å². The van der Waals surface area contributed by atoms with Gasteiger partial charge in [-0.15, -0.1) is 11.3 Å². The molecule has 1 atom stereocenters. The quantitative estimate of drug-likeness (QED) is 0.830. The van der Waals surface area contributed by atoms with Crippen LogP contribution in [-0.2, 0) is 10.2 Å². The van der Waals surface area contributed by atoms with Crippen LogP contribution in [0.4, 0.5) is 5.82 Å². The number of anilines is 1. The van der Waals surface area contributed by atoms with Gasteiger partial charge in [-0.2, -0.15) is 0 Å². The molecule has 134 valence electrons. The van der Waals surface area contributed by atoms with Crippen molar-refractivity contribution in [3.63, 3.8) is 0 Å². The van der Waals surface area contributed by atoms with Gasteiger partial charge in [-0.25, -0.2) is 15.0 Å². The van der Waals surface area contributed by atoms with Crippen molar-refractivity contribution in [2.45, 2.75) is 58.0 Å². The van der Waals surface area contributed by atoms with Crippen LogP contribution in [0.25, 0.3) is 0 Å². The van der Waals surface area contributed by atoms with E-state index in [1.165, 1.54) is 12.8 Å². The number of hydrogen-bond acceptors (Lipinski definition) is 6. The van der Waals surface area contributed by atoms with Gasteiger partial charge in [0.2, 0.25) is 0 Å². The Hall–Kier alpha value is -1.53. The van der Waals surface area contributed by atoms with Crippen LogP contribution in [0.5, 0.6) is 0 Å². The summed E-state index contributed by atoms with van der Waals surface area (Å²) in [5.41, 5.74) is 2.27. The minimum absolute atomic E-state index is 0.0227. The van der Waals surface area contributed by atoms with E-state index in [0.717, 1.165) is 41.1 Å². The minimum atomic E-state index is 0.0227. The number of rotatable bonds is 3. The molecule has 0 N–H and O–H groups in total. The first kappa shape index (κ1) is 16.9. The molecular formula is C19H26N4OS. The van der Waals surface area contributed by atoms with Gasteiger partial charge in [-0.3, -0.25) is 0 Å². The molecule has 1 aliphatic heterocycles. The summed E-state index contributed by atoms with van der Waals surface area (Å²) in [6.45, 7) is 11.0. The Morgan fingerprint density at radius 3 is 2.68 bits per heavy atom. The van der Waals surface area contributed by atoms with E-state index in [0.29, 0.717) is 12.5 Å². The van der Waals surface area contributed by atoms with Crippen molar-refractivity contribution in [1.82, 2.24) is 15.0 Å². The molecule has 6 heteroatoms. The van der Waals surface area contributed by atoms with Crippen molar-refractivity contribution in [2.24, 2.45) is 0 Å². The first-order valence-electron chi connectivity index (χ1n) is 9.08. The normalized spacial score (nSPS) is 21.6. The predicted molar refractivity (Wildman–Crippen MR) is 100 cm³/mol. The first-order valence-corrected chi connectivity index (χ1v) is 9.96. The molecular weight excluding hydrogens is 332 g/mol. The van der Waals surface area contributed by atoms with E-state index in [2.05, 4.69) is 49.0 Å². The van der Waals surface area contributed by atoms with Crippen LogP contribution in [0.2, 0.25) is 0 Å². The van der Waals surface area contributed by atoms with Gasteiger partial charge in [0.25, 0.3) is 0 Å². The van der Waals surface area contributed by atoms with Crippen LogP contribution >= 0.6 is 11.3 Å². The highest BCUT2D eigenvalue weighted by Gasteiger charge is 2.30. The lowest BCUT2D eigenvalue weighted by Crippen LogP contribution is -2.39. The minimum Gasteiger partial charge on any atom is -0.367 e. The van der Waals surface area contributed by atoms with Crippen LogP contribution < -0.4 is 4.90 Å². The summed E-state index contributed by atoms with van der Waals surface area (Å²) in [7, 11) is 0. The van der Waals surface area contributed by atoms with E-state index in [-0.39, 0.29) is 11.5 Å². The van der Waals surface area contributed by atoms with Crippen LogP contribution in [0.15, 0.2) is 11.4 Å². The first-order chi connectivity index (χ1) is 11.9. The second kappa shape index (κ2) is 6.32. The van der Waals surface area contributed by atoms with Crippen molar-refractivity contribution >= 4 is 17.2 Å². The molecule has 1 saturated heterocycles. The molecule has 2 aromatic rings. The number of aromatic nitrogens is 3. The van der Waals surface area contributed by atoms with Crippen LogP contribution in [0.3, 0.4) is 0 Å². The molecule has 0 aromatic carbocycles. The molecule has 1 saturated carbocycles. The molecule has 5 nitrogen and oxygen atoms in total. The van der Waals surface area contributed by atoms with Gasteiger partial charge < -0.3 is 9.64 Å². The Labute approximate surface area is 153 Å². The number of aryl methyl sites for hydroxylation is 1. The maximum Gasteiger partial charge on any atom is 0.134 e. The highest BCUT2D eigenvalue weighted by atomic mass is 32.1. The van der Waals surface area contributed by atoms with E-state index < -0.39 is 0 Å². The molecule has 2 aromatic heterocycles. The highest BCUT2D eigenvalue weighted by molar-refractivity contribution is 7.09. The fourth-order valence-electron chi connectivity index (χ4n) is 3.05. The van der Waals surface area contributed by atoms with Gasteiger partial charge in [0.05, 0.1) is 18.8 Å². The van der Waals surface area contributed by atoms with Crippen molar-refractivity contribution in [3.8, 4) is 0 Å². The third-order valence-corrected chi connectivity index (χ3v) is 5.69. The summed E-state index contributed by atoms with van der Waals surface area (Å²) < 4.78 is 6.02. The lowest BCUT2D eigenvalue weighted by Gasteiger charge is -2.33. The highest BCUT2D eigenvalue weighted by Crippen LogP contribution is 2.39. The lowest BCUT2D eigenvalue weighted by atomic mass is 9.93. The zero-order chi connectivity index (χ0) is 17.6. The predicted octanol–water partition coefficient (Wildman–Crippen LogP) is 3.99. The molecule has 0 unspecified atom stereocenters. The molecule has 3 heterocycles. The van der Waals surface area contributed by atoms with E-state index in [9.17, 15) is 0 Å². The molecule has 0 spiro atoms. The molecule has 2 fully saturated rings. The molecule has 4 rings (SSSR count). The van der Waals surface area contributed by atoms with Gasteiger partial charge in [0.15, 0.2) is 0 Å². The van der Waals surface area contributed by atoms with Crippen molar-refractivity contribution in [2.75, 3.05) is 24.6 Å². The van der Waals surface area contributed by atoms with Crippen LogP contribution in [-0.4, -0.2) is 34.6 Å². The van der Waals surface area contributed by atoms with Crippen molar-refractivity contribution in [3.05, 3.63) is 33.7 Å². The van der Waals surface area contributed by atoms with Crippen LogP contribution in [0, 0.1) is 6.92 Å². The molecule has 25 heavy (non-hydrogen) atoms. The second-order valence-electron chi connectivity index (χ2n) is 8.13. The molecule has 0 amide bonds. The van der Waals surface area contributed by atoms with Crippen molar-refractivity contribution in [1.29, 1.82) is 0 Å². The lowest BCUT2D eigenvalue weighted by molar-refractivity contribution is 0.0392. The number of nitrogens with zero attached hydrogens (tertiary/aromatic N) is 4. The summed E-state index contributed by atoms with van der Waals surface area (Å²) >= 11 is 1.71. The Morgan fingerprint density at radius 2 is 2.00 bits per heavy atom. The smallest absolute Gasteiger partial charge is 0.134 e. The average Bonchev–Trinajstić information content (AvgIpc) is 3.29. The monoisotopic (exact) mass is 358 g/mol. The zero-order valence-corrected chi connectivity index (χ0v) is 16.3. The molecule has 0 radical (unpaired) electrons. The Balaban J connectivity index is 1.54. The number of ether oxygens (including phenoxy) is 1. The van der Waals surface area contributed by atoms with Gasteiger partial charge in [0, 0.05) is 35.0 Å². The second-order valence-corrected chi connectivity index (χ2v) is 9.02. The largest absolute Gasteiger partial charge is 0.367 e. The fourth-order valence-corrected chi connectivity index (χ4v) is 4.13. The Kier molecular flexibility index (Phi) is 4.28. The molecule has 2 aliphatic rings. The summed E-state index contributed by atoms with van der Waals surface area (Å²) in [6, 6.07) is 2.09. The summed E-state index contributed by atoms with van der Waals surface area (Å²) in [5, 5.41) is 3.24. The standard InChI is InChI=1S/C19H26N4OS/c1-12-9-16(22-17(20-12)13-5-6-13)23-7-8-24-14(10-23)18-21-15(11-25-18)19(2,3)4/h9,11,13-14H,5-8,10H2,1-4H3/t14-/m0/s1. The van der Waals surface area contributed by atoms with Gasteiger partial charge >= 0.3 is 0 Å². The van der Waals surface area contributed by atoms with Gasteiger partial charge in [0.1, 0.15) is 22.8 Å². The number of thiazole rings is 1. The number of morpholine rings is 1. The Morgan fingerprint density at radius 1 is 1.20 bits per heavy atom. The molecule has 1 aliphatic carbocycles.